The van der Waals surface area contributed by atoms with E-state index < -0.39 is 0 Å². The number of halogens is 1. The van der Waals surface area contributed by atoms with E-state index in [9.17, 15) is 4.79 Å². The lowest BCUT2D eigenvalue weighted by molar-refractivity contribution is 0.103. The van der Waals surface area contributed by atoms with Gasteiger partial charge in [0, 0.05) is 27.1 Å². The fourth-order valence-corrected chi connectivity index (χ4v) is 3.90. The highest BCUT2D eigenvalue weighted by atomic mass is 79.9. The third-order valence-electron chi connectivity index (χ3n) is 5.04. The summed E-state index contributed by atoms with van der Waals surface area (Å²) >= 11 is 3.35. The van der Waals surface area contributed by atoms with Crippen molar-refractivity contribution in [2.24, 2.45) is 0 Å². The second kappa shape index (κ2) is 8.55. The zero-order valence-electron chi connectivity index (χ0n) is 16.7. The van der Waals surface area contributed by atoms with Gasteiger partial charge >= 0.3 is 0 Å². The van der Waals surface area contributed by atoms with Crippen LogP contribution in [0.2, 0.25) is 0 Å². The van der Waals surface area contributed by atoms with Crippen molar-refractivity contribution in [2.45, 2.75) is 0 Å². The first-order valence-electron chi connectivity index (χ1n) is 9.50. The van der Waals surface area contributed by atoms with E-state index in [1.165, 1.54) is 0 Å². The first-order valence-corrected chi connectivity index (χ1v) is 10.3. The van der Waals surface area contributed by atoms with E-state index in [0.717, 1.165) is 27.6 Å². The molecule has 4 nitrogen and oxygen atoms in total. The molecule has 0 saturated carbocycles. The van der Waals surface area contributed by atoms with Gasteiger partial charge in [-0.05, 0) is 75.1 Å². The number of rotatable bonds is 5. The van der Waals surface area contributed by atoms with Crippen LogP contribution in [0.25, 0.3) is 28.1 Å². The molecule has 0 spiro atoms. The minimum absolute atomic E-state index is 0.131. The molecule has 0 fully saturated rings. The molecule has 5 heteroatoms. The van der Waals surface area contributed by atoms with Crippen molar-refractivity contribution in [2.75, 3.05) is 7.11 Å². The molecule has 0 amide bonds. The number of ketones is 1. The monoisotopic (exact) mass is 468 g/mol. The lowest BCUT2D eigenvalue weighted by atomic mass is 9.95. The van der Waals surface area contributed by atoms with E-state index in [1.807, 2.05) is 42.5 Å². The van der Waals surface area contributed by atoms with E-state index in [1.54, 1.807) is 37.5 Å². The maximum atomic E-state index is 13.2. The number of aromatic nitrogens is 1. The van der Waals surface area contributed by atoms with Gasteiger partial charge in [-0.2, -0.15) is 5.26 Å². The fraction of sp³-hybridized carbons (Fsp3) is 0.0385. The maximum Gasteiger partial charge on any atom is 0.214 e. The Morgan fingerprint density at radius 3 is 2.58 bits per heavy atom. The first-order chi connectivity index (χ1) is 15.0. The molecule has 0 bridgehead atoms. The number of carbonyl (C=O) groups excluding carboxylic acids is 1. The van der Waals surface area contributed by atoms with E-state index in [2.05, 4.69) is 33.6 Å². The van der Waals surface area contributed by atoms with Crippen LogP contribution in [0.3, 0.4) is 0 Å². The van der Waals surface area contributed by atoms with Gasteiger partial charge in [0.15, 0.2) is 5.78 Å². The summed E-state index contributed by atoms with van der Waals surface area (Å²) in [6.45, 7) is 3.85. The van der Waals surface area contributed by atoms with Crippen LogP contribution in [-0.4, -0.2) is 17.9 Å². The molecule has 150 valence electrons. The Morgan fingerprint density at radius 1 is 1.10 bits per heavy atom. The van der Waals surface area contributed by atoms with Crippen molar-refractivity contribution in [3.05, 3.63) is 100 Å². The fourth-order valence-electron chi connectivity index (χ4n) is 3.43. The van der Waals surface area contributed by atoms with Gasteiger partial charge in [-0.15, -0.1) is 0 Å². The molecule has 0 saturated heterocycles. The molecule has 0 radical (unpaired) electrons. The third-order valence-corrected chi connectivity index (χ3v) is 5.70. The predicted octanol–water partition coefficient (Wildman–Crippen LogP) is 6.42. The van der Waals surface area contributed by atoms with Crippen LogP contribution in [0.4, 0.5) is 0 Å². The van der Waals surface area contributed by atoms with Gasteiger partial charge in [0.1, 0.15) is 6.07 Å². The SMILES string of the molecule is C=Cc1cccc(-c2cc(OC)nc3ccc(C(=O)c4ccc(C#N)c(Br)c4)cc23)c1. The van der Waals surface area contributed by atoms with Crippen LogP contribution < -0.4 is 4.74 Å². The highest BCUT2D eigenvalue weighted by Crippen LogP contribution is 2.33. The van der Waals surface area contributed by atoms with Crippen molar-refractivity contribution in [1.82, 2.24) is 4.98 Å². The summed E-state index contributed by atoms with van der Waals surface area (Å²) in [6, 6.07) is 22.4. The van der Waals surface area contributed by atoms with Crippen molar-refractivity contribution in [1.29, 1.82) is 5.26 Å². The van der Waals surface area contributed by atoms with Gasteiger partial charge in [-0.3, -0.25) is 4.79 Å². The number of pyridine rings is 1. The van der Waals surface area contributed by atoms with Crippen LogP contribution in [0.5, 0.6) is 5.88 Å². The van der Waals surface area contributed by atoms with Gasteiger partial charge < -0.3 is 4.74 Å². The number of methoxy groups -OCH3 is 1. The van der Waals surface area contributed by atoms with Gasteiger partial charge in [-0.1, -0.05) is 30.9 Å². The minimum atomic E-state index is -0.131. The lowest BCUT2D eigenvalue weighted by Crippen LogP contribution is -2.02. The molecular formula is C26H17BrN2O2. The number of benzene rings is 3. The Morgan fingerprint density at radius 2 is 1.87 bits per heavy atom. The topological polar surface area (TPSA) is 63.0 Å². The van der Waals surface area contributed by atoms with Crippen LogP contribution >= 0.6 is 15.9 Å². The average molecular weight is 469 g/mol. The molecular weight excluding hydrogens is 452 g/mol. The normalized spacial score (nSPS) is 10.5. The standard InChI is InChI=1S/C26H17BrN2O2/c1-3-16-5-4-6-17(11-16)21-14-25(31-2)29-24-10-9-18(12-22(21)24)26(30)19-7-8-20(15-28)23(27)13-19/h3-14H,1H2,2H3. The van der Waals surface area contributed by atoms with Crippen LogP contribution in [0, 0.1) is 11.3 Å². The molecule has 4 aromatic rings. The second-order valence-corrected chi connectivity index (χ2v) is 7.76. The highest BCUT2D eigenvalue weighted by molar-refractivity contribution is 9.10. The quantitative estimate of drug-likeness (QED) is 0.317. The maximum absolute atomic E-state index is 13.2. The van der Waals surface area contributed by atoms with Gasteiger partial charge in [-0.25, -0.2) is 4.98 Å². The molecule has 4 rings (SSSR count). The Hall–Kier alpha value is -3.75. The summed E-state index contributed by atoms with van der Waals surface area (Å²) in [5.74, 6) is 0.371. The third kappa shape index (κ3) is 3.98. The molecule has 0 unspecified atom stereocenters. The zero-order valence-corrected chi connectivity index (χ0v) is 18.3. The molecule has 1 aromatic heterocycles. The summed E-state index contributed by atoms with van der Waals surface area (Å²) in [5.41, 5.74) is 5.15. The van der Waals surface area contributed by atoms with Crippen molar-refractivity contribution < 1.29 is 9.53 Å². The summed E-state index contributed by atoms with van der Waals surface area (Å²) in [5, 5.41) is 9.96. The molecule has 0 N–H and O–H groups in total. The van der Waals surface area contributed by atoms with Crippen LogP contribution in [0.1, 0.15) is 27.0 Å². The van der Waals surface area contributed by atoms with Crippen LogP contribution in [-0.2, 0) is 0 Å². The average Bonchev–Trinajstić information content (AvgIpc) is 2.82. The van der Waals surface area contributed by atoms with Crippen molar-refractivity contribution in [3.8, 4) is 23.1 Å². The summed E-state index contributed by atoms with van der Waals surface area (Å²) in [7, 11) is 1.58. The second-order valence-electron chi connectivity index (χ2n) is 6.91. The number of nitrogens with zero attached hydrogens (tertiary/aromatic N) is 2. The van der Waals surface area contributed by atoms with E-state index in [4.69, 9.17) is 10.00 Å². The summed E-state index contributed by atoms with van der Waals surface area (Å²) in [6.07, 6.45) is 1.79. The number of nitriles is 1. The van der Waals surface area contributed by atoms with Gasteiger partial charge in [0.25, 0.3) is 0 Å². The van der Waals surface area contributed by atoms with Gasteiger partial charge in [0.05, 0.1) is 18.2 Å². The molecule has 0 atom stereocenters. The summed E-state index contributed by atoms with van der Waals surface area (Å²) in [4.78, 5) is 17.7. The van der Waals surface area contributed by atoms with Gasteiger partial charge in [0.2, 0.25) is 5.88 Å². The van der Waals surface area contributed by atoms with E-state index in [-0.39, 0.29) is 5.78 Å². The first kappa shape index (κ1) is 20.5. The van der Waals surface area contributed by atoms with E-state index >= 15 is 0 Å². The molecule has 0 aliphatic carbocycles. The number of ether oxygens (including phenoxy) is 1. The van der Waals surface area contributed by atoms with Crippen molar-refractivity contribution in [3.63, 3.8) is 0 Å². The van der Waals surface area contributed by atoms with Crippen LogP contribution in [0.15, 0.2) is 77.8 Å². The molecule has 1 heterocycles. The number of hydrogen-bond acceptors (Lipinski definition) is 4. The number of fused-ring (bicyclic) bond motifs is 1. The Labute approximate surface area is 188 Å². The smallest absolute Gasteiger partial charge is 0.214 e. The van der Waals surface area contributed by atoms with Crippen molar-refractivity contribution >= 4 is 38.7 Å². The Kier molecular flexibility index (Phi) is 5.66. The summed E-state index contributed by atoms with van der Waals surface area (Å²) < 4.78 is 5.99. The van der Waals surface area contributed by atoms with E-state index in [0.29, 0.717) is 27.0 Å². The number of carbonyl (C=O) groups is 1. The zero-order chi connectivity index (χ0) is 22.0. The lowest BCUT2D eigenvalue weighted by Gasteiger charge is -2.11. The molecule has 0 aliphatic rings. The molecule has 31 heavy (non-hydrogen) atoms. The Bertz CT molecular complexity index is 1390. The predicted molar refractivity (Wildman–Crippen MR) is 126 cm³/mol. The minimum Gasteiger partial charge on any atom is -0.481 e. The largest absolute Gasteiger partial charge is 0.481 e. The highest BCUT2D eigenvalue weighted by Gasteiger charge is 2.15. The molecule has 3 aromatic carbocycles. The molecule has 0 aliphatic heterocycles. The Balaban J connectivity index is 1.88. The number of hydrogen-bond donors (Lipinski definition) is 0.